The third kappa shape index (κ3) is 5.74. The molecule has 0 aromatic carbocycles. The van der Waals surface area contributed by atoms with Crippen molar-refractivity contribution in [3.05, 3.63) is 17.5 Å². The van der Waals surface area contributed by atoms with Gasteiger partial charge in [-0.25, -0.2) is 0 Å². The molecule has 11 heteroatoms. The van der Waals surface area contributed by atoms with Crippen LogP contribution >= 0.6 is 24.0 Å². The lowest BCUT2D eigenvalue weighted by atomic mass is 10.2. The van der Waals surface area contributed by atoms with Gasteiger partial charge in [-0.2, -0.15) is 18.3 Å². The molecule has 1 atom stereocenters. The molecule has 2 N–H and O–H groups in total. The van der Waals surface area contributed by atoms with E-state index in [-0.39, 0.29) is 48.0 Å². The Labute approximate surface area is 167 Å². The van der Waals surface area contributed by atoms with Crippen LogP contribution in [0.25, 0.3) is 0 Å². The third-order valence-corrected chi connectivity index (χ3v) is 4.03. The monoisotopic (exact) mass is 488 g/mol. The SMILES string of the molecule is CCC(=O)N1CCC(NC(=NC)NCc2cn(C)nc2C(F)(F)F)C1.I. The minimum atomic E-state index is -4.50. The molecule has 26 heavy (non-hydrogen) atoms. The van der Waals surface area contributed by atoms with Gasteiger partial charge in [0, 0.05) is 58.0 Å². The summed E-state index contributed by atoms with van der Waals surface area (Å²) < 4.78 is 40.0. The number of aromatic nitrogens is 2. The van der Waals surface area contributed by atoms with Gasteiger partial charge in [0.05, 0.1) is 0 Å². The minimum Gasteiger partial charge on any atom is -0.352 e. The van der Waals surface area contributed by atoms with Gasteiger partial charge < -0.3 is 15.5 Å². The van der Waals surface area contributed by atoms with Gasteiger partial charge in [0.25, 0.3) is 0 Å². The number of hydrogen-bond donors (Lipinski definition) is 2. The molecular weight excluding hydrogens is 464 g/mol. The van der Waals surface area contributed by atoms with E-state index in [1.807, 2.05) is 6.92 Å². The van der Waals surface area contributed by atoms with Gasteiger partial charge in [-0.3, -0.25) is 14.5 Å². The van der Waals surface area contributed by atoms with E-state index in [0.29, 0.717) is 25.5 Å². The topological polar surface area (TPSA) is 74.6 Å². The molecule has 1 aliphatic rings. The first-order valence-corrected chi connectivity index (χ1v) is 8.09. The summed E-state index contributed by atoms with van der Waals surface area (Å²) in [5, 5.41) is 9.50. The number of rotatable bonds is 4. The second kappa shape index (κ2) is 9.42. The first-order chi connectivity index (χ1) is 11.7. The zero-order valence-electron chi connectivity index (χ0n) is 14.9. The normalized spacial score (nSPS) is 17.8. The van der Waals surface area contributed by atoms with Gasteiger partial charge >= 0.3 is 6.18 Å². The molecule has 148 valence electrons. The summed E-state index contributed by atoms with van der Waals surface area (Å²) in [7, 11) is 3.00. The van der Waals surface area contributed by atoms with Gasteiger partial charge in [0.15, 0.2) is 11.7 Å². The zero-order chi connectivity index (χ0) is 18.6. The molecule has 1 aliphatic heterocycles. The quantitative estimate of drug-likeness (QED) is 0.385. The molecule has 0 aliphatic carbocycles. The molecule has 1 aromatic rings. The third-order valence-electron chi connectivity index (χ3n) is 4.03. The Morgan fingerprint density at radius 2 is 2.15 bits per heavy atom. The van der Waals surface area contributed by atoms with Crippen LogP contribution in [0.3, 0.4) is 0 Å². The molecular formula is C15H24F3IN6O. The molecule has 0 radical (unpaired) electrons. The van der Waals surface area contributed by atoms with Crippen molar-refractivity contribution in [3.8, 4) is 0 Å². The van der Waals surface area contributed by atoms with Crippen molar-refractivity contribution in [1.29, 1.82) is 0 Å². The fourth-order valence-electron chi connectivity index (χ4n) is 2.80. The summed E-state index contributed by atoms with van der Waals surface area (Å²) in [6, 6.07) is 0.0256. The molecule has 2 rings (SSSR count). The second-order valence-electron chi connectivity index (χ2n) is 5.92. The maximum atomic E-state index is 13.0. The number of nitrogens with zero attached hydrogens (tertiary/aromatic N) is 4. The number of amides is 1. The molecule has 0 bridgehead atoms. The maximum Gasteiger partial charge on any atom is 0.435 e. The van der Waals surface area contributed by atoms with Crippen molar-refractivity contribution < 1.29 is 18.0 Å². The Morgan fingerprint density at radius 1 is 1.46 bits per heavy atom. The number of halogens is 4. The van der Waals surface area contributed by atoms with Gasteiger partial charge in [-0.15, -0.1) is 24.0 Å². The highest BCUT2D eigenvalue weighted by molar-refractivity contribution is 14.0. The number of nitrogens with one attached hydrogen (secondary N) is 2. The number of guanidine groups is 1. The van der Waals surface area contributed by atoms with E-state index in [9.17, 15) is 18.0 Å². The summed E-state index contributed by atoms with van der Waals surface area (Å²) in [6.45, 7) is 3.00. The zero-order valence-corrected chi connectivity index (χ0v) is 17.3. The highest BCUT2D eigenvalue weighted by Gasteiger charge is 2.36. The number of aliphatic imine (C=N–C) groups is 1. The summed E-state index contributed by atoms with van der Waals surface area (Å²) in [5.74, 6) is 0.491. The summed E-state index contributed by atoms with van der Waals surface area (Å²) in [6.07, 6.45) is -1.93. The van der Waals surface area contributed by atoms with E-state index in [0.717, 1.165) is 11.1 Å². The predicted octanol–water partition coefficient (Wildman–Crippen LogP) is 1.73. The molecule has 1 saturated heterocycles. The van der Waals surface area contributed by atoms with E-state index < -0.39 is 11.9 Å². The average Bonchev–Trinajstić information content (AvgIpc) is 3.16. The van der Waals surface area contributed by atoms with Crippen molar-refractivity contribution in [3.63, 3.8) is 0 Å². The van der Waals surface area contributed by atoms with E-state index in [1.165, 1.54) is 13.2 Å². The fraction of sp³-hybridized carbons (Fsp3) is 0.667. The van der Waals surface area contributed by atoms with Gasteiger partial charge in [-0.05, 0) is 6.42 Å². The van der Waals surface area contributed by atoms with E-state index in [2.05, 4.69) is 20.7 Å². The minimum absolute atomic E-state index is 0. The largest absolute Gasteiger partial charge is 0.435 e. The smallest absolute Gasteiger partial charge is 0.352 e. The molecule has 0 saturated carbocycles. The highest BCUT2D eigenvalue weighted by Crippen LogP contribution is 2.30. The lowest BCUT2D eigenvalue weighted by molar-refractivity contribution is -0.142. The first-order valence-electron chi connectivity index (χ1n) is 8.09. The van der Waals surface area contributed by atoms with E-state index in [1.54, 1.807) is 11.9 Å². The Kier molecular flexibility index (Phi) is 8.15. The summed E-state index contributed by atoms with van der Waals surface area (Å²) in [4.78, 5) is 17.5. The summed E-state index contributed by atoms with van der Waals surface area (Å²) in [5.41, 5.74) is -0.856. The molecule has 2 heterocycles. The number of carbonyl (C=O) groups is 1. The Morgan fingerprint density at radius 3 is 2.73 bits per heavy atom. The van der Waals surface area contributed by atoms with Crippen molar-refractivity contribution in [1.82, 2.24) is 25.3 Å². The predicted molar refractivity (Wildman–Crippen MR) is 102 cm³/mol. The van der Waals surface area contributed by atoms with E-state index >= 15 is 0 Å². The van der Waals surface area contributed by atoms with Crippen LogP contribution in [0.4, 0.5) is 13.2 Å². The van der Waals surface area contributed by atoms with Crippen LogP contribution in [0.2, 0.25) is 0 Å². The van der Waals surface area contributed by atoms with Crippen LogP contribution < -0.4 is 10.6 Å². The van der Waals surface area contributed by atoms with E-state index in [4.69, 9.17) is 0 Å². The van der Waals surface area contributed by atoms with Crippen molar-refractivity contribution >= 4 is 35.8 Å². The van der Waals surface area contributed by atoms with Gasteiger partial charge in [0.1, 0.15) is 0 Å². The van der Waals surface area contributed by atoms with Crippen LogP contribution in [0, 0.1) is 0 Å². The van der Waals surface area contributed by atoms with Crippen LogP contribution in [0.5, 0.6) is 0 Å². The fourth-order valence-corrected chi connectivity index (χ4v) is 2.80. The second-order valence-corrected chi connectivity index (χ2v) is 5.92. The Balaban J connectivity index is 0.00000338. The van der Waals surface area contributed by atoms with Crippen LogP contribution in [0.1, 0.15) is 31.0 Å². The van der Waals surface area contributed by atoms with Crippen molar-refractivity contribution in [2.24, 2.45) is 12.0 Å². The number of aryl methyl sites for hydroxylation is 1. The highest BCUT2D eigenvalue weighted by atomic mass is 127. The number of likely N-dealkylation sites (tertiary alicyclic amines) is 1. The Bertz CT molecular complexity index is 646. The molecule has 0 spiro atoms. The standard InChI is InChI=1S/C15H23F3N6O.HI/c1-4-12(25)24-6-5-11(9-24)21-14(19-2)20-7-10-8-23(3)22-13(10)15(16,17)18;/h8,11H,4-7,9H2,1-3H3,(H2,19,20,21);1H. The molecule has 1 amide bonds. The number of hydrogen-bond acceptors (Lipinski definition) is 3. The lowest BCUT2D eigenvalue weighted by Crippen LogP contribution is -2.44. The maximum absolute atomic E-state index is 13.0. The van der Waals surface area contributed by atoms with Crippen molar-refractivity contribution in [2.75, 3.05) is 20.1 Å². The van der Waals surface area contributed by atoms with Crippen LogP contribution in [-0.2, 0) is 24.6 Å². The van der Waals surface area contributed by atoms with Gasteiger partial charge in [0.2, 0.25) is 5.91 Å². The van der Waals surface area contributed by atoms with Gasteiger partial charge in [-0.1, -0.05) is 6.92 Å². The molecule has 1 fully saturated rings. The molecule has 1 aromatic heterocycles. The Hall–Kier alpha value is -1.53. The lowest BCUT2D eigenvalue weighted by Gasteiger charge is -2.18. The average molecular weight is 488 g/mol. The van der Waals surface area contributed by atoms with Crippen LogP contribution in [0.15, 0.2) is 11.2 Å². The first kappa shape index (κ1) is 22.5. The number of alkyl halides is 3. The molecule has 1 unspecified atom stereocenters. The number of carbonyl (C=O) groups excluding carboxylic acids is 1. The summed E-state index contributed by atoms with van der Waals surface area (Å²) >= 11 is 0. The van der Waals surface area contributed by atoms with Crippen LogP contribution in [-0.4, -0.2) is 52.7 Å². The molecule has 7 nitrogen and oxygen atoms in total. The van der Waals surface area contributed by atoms with Crippen molar-refractivity contribution in [2.45, 2.75) is 38.5 Å².